The molecule has 5 heteroatoms. The van der Waals surface area contributed by atoms with Crippen LogP contribution in [-0.4, -0.2) is 35.2 Å². The van der Waals surface area contributed by atoms with Crippen LogP contribution in [-0.2, 0) is 14.3 Å². The summed E-state index contributed by atoms with van der Waals surface area (Å²) < 4.78 is 5.41. The molecule has 1 fully saturated rings. The Morgan fingerprint density at radius 2 is 1.83 bits per heavy atom. The molecule has 1 amide bonds. The molecule has 4 nitrogen and oxygen atoms in total. The van der Waals surface area contributed by atoms with Crippen LogP contribution in [0.2, 0.25) is 0 Å². The van der Waals surface area contributed by atoms with Gasteiger partial charge in [0.15, 0.2) is 0 Å². The van der Waals surface area contributed by atoms with E-state index in [1.165, 1.54) is 0 Å². The first-order valence-corrected chi connectivity index (χ1v) is 9.59. The van der Waals surface area contributed by atoms with Crippen LogP contribution in [0.25, 0.3) is 0 Å². The van der Waals surface area contributed by atoms with Gasteiger partial charge in [0.25, 0.3) is 0 Å². The van der Waals surface area contributed by atoms with Crippen molar-refractivity contribution in [1.82, 2.24) is 4.90 Å². The third-order valence-corrected chi connectivity index (χ3v) is 5.11. The Morgan fingerprint density at radius 1 is 1.17 bits per heavy atom. The van der Waals surface area contributed by atoms with Crippen molar-refractivity contribution in [1.29, 1.82) is 0 Å². The van der Waals surface area contributed by atoms with Gasteiger partial charge in [0, 0.05) is 12.2 Å². The van der Waals surface area contributed by atoms with Gasteiger partial charge in [-0.05, 0) is 17.4 Å². The van der Waals surface area contributed by atoms with Crippen LogP contribution in [0, 0.1) is 11.8 Å². The van der Waals surface area contributed by atoms with Crippen molar-refractivity contribution in [3.8, 4) is 0 Å². The number of carbonyl (C=O) groups excluding carboxylic acids is 2. The van der Waals surface area contributed by atoms with E-state index in [1.807, 2.05) is 58.0 Å². The second-order valence-electron chi connectivity index (χ2n) is 7.04. The van der Waals surface area contributed by atoms with Crippen molar-refractivity contribution in [3.63, 3.8) is 0 Å². The van der Waals surface area contributed by atoms with Crippen LogP contribution in [0.3, 0.4) is 0 Å². The lowest BCUT2D eigenvalue weighted by molar-refractivity contribution is -0.155. The Labute approximate surface area is 148 Å². The van der Waals surface area contributed by atoms with Gasteiger partial charge in [-0.25, -0.2) is 4.79 Å². The molecule has 0 spiro atoms. The average molecular weight is 349 g/mol. The SMILES string of the molecule is CC(C)COC(=O)[C@@H]1CS[C@H](c2ccccc2)N1C(=O)CC(C)C. The largest absolute Gasteiger partial charge is 0.464 e. The molecule has 1 aromatic carbocycles. The van der Waals surface area contributed by atoms with Crippen molar-refractivity contribution in [3.05, 3.63) is 35.9 Å². The van der Waals surface area contributed by atoms with Gasteiger partial charge in [-0.15, -0.1) is 11.8 Å². The number of hydrogen-bond donors (Lipinski definition) is 0. The van der Waals surface area contributed by atoms with E-state index >= 15 is 0 Å². The van der Waals surface area contributed by atoms with Gasteiger partial charge < -0.3 is 9.64 Å². The van der Waals surface area contributed by atoms with Crippen LogP contribution >= 0.6 is 11.8 Å². The summed E-state index contributed by atoms with van der Waals surface area (Å²) in [6.45, 7) is 8.44. The molecular formula is C19H27NO3S. The summed E-state index contributed by atoms with van der Waals surface area (Å²) in [4.78, 5) is 27.0. The predicted octanol–water partition coefficient (Wildman–Crippen LogP) is 3.87. The Kier molecular flexibility index (Phi) is 6.72. The van der Waals surface area contributed by atoms with E-state index in [0.717, 1.165) is 5.56 Å². The number of amides is 1. The summed E-state index contributed by atoms with van der Waals surface area (Å²) in [5, 5.41) is -0.117. The lowest BCUT2D eigenvalue weighted by atomic mass is 10.1. The van der Waals surface area contributed by atoms with Crippen LogP contribution in [0.4, 0.5) is 0 Å². The molecule has 1 aromatic rings. The number of carbonyl (C=O) groups is 2. The van der Waals surface area contributed by atoms with Gasteiger partial charge in [-0.2, -0.15) is 0 Å². The van der Waals surface area contributed by atoms with Crippen molar-refractivity contribution in [2.24, 2.45) is 11.8 Å². The molecule has 1 heterocycles. The first-order valence-electron chi connectivity index (χ1n) is 8.54. The first-order chi connectivity index (χ1) is 11.4. The average Bonchev–Trinajstić information content (AvgIpc) is 2.98. The molecule has 0 aliphatic carbocycles. The van der Waals surface area contributed by atoms with E-state index in [9.17, 15) is 9.59 Å². The highest BCUT2D eigenvalue weighted by Crippen LogP contribution is 2.42. The first kappa shape index (κ1) is 18.8. The zero-order valence-electron chi connectivity index (χ0n) is 14.9. The molecule has 0 saturated carbocycles. The van der Waals surface area contributed by atoms with Crippen molar-refractivity contribution in [2.75, 3.05) is 12.4 Å². The summed E-state index contributed by atoms with van der Waals surface area (Å²) in [6.07, 6.45) is 0.442. The van der Waals surface area contributed by atoms with Crippen LogP contribution in [0.5, 0.6) is 0 Å². The predicted molar refractivity (Wildman–Crippen MR) is 97.5 cm³/mol. The van der Waals surface area contributed by atoms with Crippen molar-refractivity contribution >= 4 is 23.6 Å². The zero-order valence-corrected chi connectivity index (χ0v) is 15.7. The number of thioether (sulfide) groups is 1. The number of ether oxygens (including phenoxy) is 1. The summed E-state index contributed by atoms with van der Waals surface area (Å²) in [5.74, 6) is 0.863. The van der Waals surface area contributed by atoms with Gasteiger partial charge in [-0.3, -0.25) is 4.79 Å². The molecule has 1 saturated heterocycles. The summed E-state index contributed by atoms with van der Waals surface area (Å²) >= 11 is 1.63. The molecular weight excluding hydrogens is 322 g/mol. The van der Waals surface area contributed by atoms with Gasteiger partial charge in [0.2, 0.25) is 5.91 Å². The molecule has 1 aliphatic rings. The lowest BCUT2D eigenvalue weighted by Crippen LogP contribution is -2.44. The highest BCUT2D eigenvalue weighted by Gasteiger charge is 2.43. The fourth-order valence-corrected chi connectivity index (χ4v) is 4.10. The summed E-state index contributed by atoms with van der Waals surface area (Å²) in [7, 11) is 0. The molecule has 1 aliphatic heterocycles. The summed E-state index contributed by atoms with van der Waals surface area (Å²) in [6, 6.07) is 9.41. The van der Waals surface area contributed by atoms with Crippen LogP contribution in [0.15, 0.2) is 30.3 Å². The maximum Gasteiger partial charge on any atom is 0.329 e. The normalized spacial score (nSPS) is 20.7. The lowest BCUT2D eigenvalue weighted by Gasteiger charge is -2.29. The number of nitrogens with zero attached hydrogens (tertiary/aromatic N) is 1. The van der Waals surface area contributed by atoms with Crippen LogP contribution in [0.1, 0.15) is 45.1 Å². The van der Waals surface area contributed by atoms with Gasteiger partial charge in [-0.1, -0.05) is 58.0 Å². The number of benzene rings is 1. The third kappa shape index (κ3) is 4.76. The molecule has 0 bridgehead atoms. The molecule has 2 rings (SSSR count). The Morgan fingerprint density at radius 3 is 2.42 bits per heavy atom. The second kappa shape index (κ2) is 8.56. The molecule has 0 N–H and O–H groups in total. The van der Waals surface area contributed by atoms with Crippen LogP contribution < -0.4 is 0 Å². The topological polar surface area (TPSA) is 46.6 Å². The van der Waals surface area contributed by atoms with E-state index in [4.69, 9.17) is 4.74 Å². The molecule has 24 heavy (non-hydrogen) atoms. The molecule has 0 aromatic heterocycles. The minimum atomic E-state index is -0.495. The Balaban J connectivity index is 2.20. The van der Waals surface area contributed by atoms with Crippen molar-refractivity contribution < 1.29 is 14.3 Å². The third-order valence-electron chi connectivity index (χ3n) is 3.79. The molecule has 132 valence electrons. The number of hydrogen-bond acceptors (Lipinski definition) is 4. The van der Waals surface area contributed by atoms with E-state index in [1.54, 1.807) is 16.7 Å². The molecule has 0 unspecified atom stereocenters. The fourth-order valence-electron chi connectivity index (χ4n) is 2.67. The Bertz CT molecular complexity index is 559. The minimum absolute atomic E-state index is 0.0235. The highest BCUT2D eigenvalue weighted by molar-refractivity contribution is 7.99. The minimum Gasteiger partial charge on any atom is -0.464 e. The van der Waals surface area contributed by atoms with E-state index < -0.39 is 6.04 Å². The second-order valence-corrected chi connectivity index (χ2v) is 8.15. The van der Waals surface area contributed by atoms with Crippen molar-refractivity contribution in [2.45, 2.75) is 45.5 Å². The quantitative estimate of drug-likeness (QED) is 0.731. The van der Waals surface area contributed by atoms with Gasteiger partial charge >= 0.3 is 5.97 Å². The van der Waals surface area contributed by atoms with E-state index in [2.05, 4.69) is 0 Å². The van der Waals surface area contributed by atoms with Gasteiger partial charge in [0.05, 0.1) is 6.61 Å². The maximum absolute atomic E-state index is 12.8. The Hall–Kier alpha value is -1.49. The maximum atomic E-state index is 12.8. The zero-order chi connectivity index (χ0) is 17.7. The smallest absolute Gasteiger partial charge is 0.329 e. The van der Waals surface area contributed by atoms with E-state index in [-0.39, 0.29) is 29.1 Å². The number of rotatable bonds is 6. The highest BCUT2D eigenvalue weighted by atomic mass is 32.2. The number of esters is 1. The molecule has 2 atom stereocenters. The summed E-state index contributed by atoms with van der Waals surface area (Å²) in [5.41, 5.74) is 1.05. The monoisotopic (exact) mass is 349 g/mol. The van der Waals surface area contributed by atoms with Gasteiger partial charge in [0.1, 0.15) is 11.4 Å². The standard InChI is InChI=1S/C19H27NO3S/c1-13(2)10-17(21)20-16(19(22)23-11-14(3)4)12-24-18(20)15-8-6-5-7-9-15/h5-9,13-14,16,18H,10-12H2,1-4H3/t16-,18+/m0/s1. The molecule has 0 radical (unpaired) electrons. The fraction of sp³-hybridized carbons (Fsp3) is 0.579. The van der Waals surface area contributed by atoms with E-state index in [0.29, 0.717) is 18.8 Å².